The van der Waals surface area contributed by atoms with E-state index in [4.69, 9.17) is 14.9 Å². The van der Waals surface area contributed by atoms with Gasteiger partial charge in [-0.15, -0.1) is 0 Å². The zero-order valence-electron chi connectivity index (χ0n) is 19.6. The van der Waals surface area contributed by atoms with Crippen LogP contribution < -0.4 is 15.4 Å². The second-order valence-electron chi connectivity index (χ2n) is 8.38. The number of nitrogens with zero attached hydrogens (tertiary/aromatic N) is 2. The van der Waals surface area contributed by atoms with E-state index < -0.39 is 12.1 Å². The van der Waals surface area contributed by atoms with Crippen molar-refractivity contribution in [2.45, 2.75) is 12.5 Å². The predicted molar refractivity (Wildman–Crippen MR) is 129 cm³/mol. The molecule has 0 radical (unpaired) electrons. The van der Waals surface area contributed by atoms with Gasteiger partial charge in [0.1, 0.15) is 11.6 Å². The zero-order valence-corrected chi connectivity index (χ0v) is 19.6. The van der Waals surface area contributed by atoms with Crippen molar-refractivity contribution in [1.82, 2.24) is 20.4 Å². The number of hydrogen-bond acceptors (Lipinski definition) is 6. The minimum atomic E-state index is -0.648. The summed E-state index contributed by atoms with van der Waals surface area (Å²) in [5, 5.41) is 13.4. The smallest absolute Gasteiger partial charge is 0.321 e. The fourth-order valence-electron chi connectivity index (χ4n) is 4.37. The highest BCUT2D eigenvalue weighted by Crippen LogP contribution is 2.26. The molecule has 0 unspecified atom stereocenters. The lowest BCUT2D eigenvalue weighted by atomic mass is 9.97. The number of hydrogen-bond donors (Lipinski definition) is 3. The van der Waals surface area contributed by atoms with E-state index in [1.54, 1.807) is 24.1 Å². The number of nitrogens with one attached hydrogen (secondary N) is 3. The Morgan fingerprint density at radius 2 is 1.91 bits per heavy atom. The van der Waals surface area contributed by atoms with Gasteiger partial charge in [-0.3, -0.25) is 20.3 Å². The molecule has 0 spiro atoms. The molecule has 2 aliphatic rings. The van der Waals surface area contributed by atoms with Crippen molar-refractivity contribution in [3.8, 4) is 5.75 Å². The van der Waals surface area contributed by atoms with Crippen LogP contribution in [0.5, 0.6) is 5.75 Å². The Bertz CT molecular complexity index is 1100. The third kappa shape index (κ3) is 5.60. The molecule has 0 aromatic heterocycles. The summed E-state index contributed by atoms with van der Waals surface area (Å²) in [5.41, 5.74) is 3.06. The molecule has 0 bridgehead atoms. The fraction of sp³-hybridized carbons (Fsp3) is 0.360. The maximum absolute atomic E-state index is 13.2. The molecule has 0 saturated carbocycles. The first-order valence-electron chi connectivity index (χ1n) is 11.5. The summed E-state index contributed by atoms with van der Waals surface area (Å²) in [7, 11) is 1.59. The average molecular weight is 480 g/mol. The molecule has 10 heteroatoms. The van der Waals surface area contributed by atoms with Gasteiger partial charge < -0.3 is 24.6 Å². The highest BCUT2D eigenvalue weighted by atomic mass is 16.5. The van der Waals surface area contributed by atoms with E-state index >= 15 is 0 Å². The molecule has 184 valence electrons. The van der Waals surface area contributed by atoms with Gasteiger partial charge in [-0.2, -0.15) is 0 Å². The average Bonchev–Trinajstić information content (AvgIpc) is 2.90. The minimum absolute atomic E-state index is 0.123. The van der Waals surface area contributed by atoms with Gasteiger partial charge in [0.15, 0.2) is 0 Å². The number of carbonyl (C=O) groups is 3. The number of urea groups is 1. The topological polar surface area (TPSA) is 124 Å². The Hall–Kier alpha value is -3.92. The van der Waals surface area contributed by atoms with Gasteiger partial charge in [0.25, 0.3) is 5.91 Å². The highest BCUT2D eigenvalue weighted by Gasteiger charge is 2.28. The highest BCUT2D eigenvalue weighted by molar-refractivity contribution is 5.97. The van der Waals surface area contributed by atoms with Crippen LogP contribution in [0.25, 0.3) is 0 Å². The van der Waals surface area contributed by atoms with Crippen LogP contribution in [-0.2, 0) is 16.0 Å². The number of carbonyl (C=O) groups excluding carboxylic acids is 3. The lowest BCUT2D eigenvalue weighted by molar-refractivity contribution is -0.108. The van der Waals surface area contributed by atoms with E-state index in [2.05, 4.69) is 10.6 Å². The van der Waals surface area contributed by atoms with Crippen LogP contribution in [0.1, 0.15) is 33.1 Å². The lowest BCUT2D eigenvalue weighted by Gasteiger charge is -2.32. The normalized spacial score (nSPS) is 16.2. The number of morpholine rings is 1. The van der Waals surface area contributed by atoms with Gasteiger partial charge in [-0.05, 0) is 35.7 Å². The third-order valence-electron chi connectivity index (χ3n) is 6.29. The number of benzene rings is 2. The fourth-order valence-corrected chi connectivity index (χ4v) is 4.37. The maximum atomic E-state index is 13.2. The monoisotopic (exact) mass is 479 g/mol. The standard InChI is InChI=1S/C25H29N5O5/c1-34-20-6-7-21-19(14-20)8-9-30(24(21)32)15-22(28-25(33)27-16-31)17-2-4-18(5-3-17)23(26)29-10-12-35-13-11-29/h2-7,14,16,22,26H,8-13,15H2,1H3,(H2,27,28,31,33)/t22-/m0/s1. The number of ether oxygens (including phenoxy) is 2. The van der Waals surface area contributed by atoms with Crippen molar-refractivity contribution < 1.29 is 23.9 Å². The number of amidine groups is 1. The Labute approximate surface area is 203 Å². The molecule has 1 fully saturated rings. The second-order valence-corrected chi connectivity index (χ2v) is 8.38. The van der Waals surface area contributed by atoms with Crippen LogP contribution in [0.15, 0.2) is 42.5 Å². The summed E-state index contributed by atoms with van der Waals surface area (Å²) in [5.74, 6) is 1.00. The summed E-state index contributed by atoms with van der Waals surface area (Å²) in [6.07, 6.45) is 0.982. The predicted octanol–water partition coefficient (Wildman–Crippen LogP) is 1.55. The quantitative estimate of drug-likeness (QED) is 0.315. The first-order chi connectivity index (χ1) is 17.0. The van der Waals surface area contributed by atoms with Gasteiger partial charge in [0, 0.05) is 37.3 Å². The zero-order chi connectivity index (χ0) is 24.8. The molecule has 2 heterocycles. The second kappa shape index (κ2) is 11.0. The molecule has 35 heavy (non-hydrogen) atoms. The van der Waals surface area contributed by atoms with E-state index in [1.165, 1.54) is 0 Å². The SMILES string of the molecule is COc1ccc2c(c1)CCN(C[C@H](NC(=O)NC=O)c1ccc(C(=N)N3CCOCC3)cc1)C2=O. The summed E-state index contributed by atoms with van der Waals surface area (Å²) in [6, 6.07) is 11.5. The number of imide groups is 1. The van der Waals surface area contributed by atoms with E-state index in [0.29, 0.717) is 62.8 Å². The van der Waals surface area contributed by atoms with Gasteiger partial charge in [-0.1, -0.05) is 24.3 Å². The Balaban J connectivity index is 1.52. The van der Waals surface area contributed by atoms with E-state index in [9.17, 15) is 14.4 Å². The summed E-state index contributed by atoms with van der Waals surface area (Å²) < 4.78 is 10.6. The van der Waals surface area contributed by atoms with Crippen molar-refractivity contribution in [3.63, 3.8) is 0 Å². The maximum Gasteiger partial charge on any atom is 0.321 e. The molecule has 2 aliphatic heterocycles. The van der Waals surface area contributed by atoms with Gasteiger partial charge in [-0.25, -0.2) is 4.79 Å². The Morgan fingerprint density at radius 3 is 2.60 bits per heavy atom. The molecular weight excluding hydrogens is 450 g/mol. The van der Waals surface area contributed by atoms with Gasteiger partial charge >= 0.3 is 6.03 Å². The number of amides is 4. The number of rotatable bonds is 7. The lowest BCUT2D eigenvalue weighted by Crippen LogP contribution is -2.46. The molecule has 3 N–H and O–H groups in total. The summed E-state index contributed by atoms with van der Waals surface area (Å²) >= 11 is 0. The molecule has 1 saturated heterocycles. The van der Waals surface area contributed by atoms with E-state index in [-0.39, 0.29) is 12.5 Å². The van der Waals surface area contributed by atoms with Crippen LogP contribution in [0.3, 0.4) is 0 Å². The summed E-state index contributed by atoms with van der Waals surface area (Å²) in [4.78, 5) is 39.8. The van der Waals surface area contributed by atoms with Crippen molar-refractivity contribution in [2.24, 2.45) is 0 Å². The van der Waals surface area contributed by atoms with Crippen molar-refractivity contribution in [2.75, 3.05) is 46.5 Å². The number of fused-ring (bicyclic) bond motifs is 1. The van der Waals surface area contributed by atoms with E-state index in [1.807, 2.05) is 35.2 Å². The molecule has 10 nitrogen and oxygen atoms in total. The number of methoxy groups -OCH3 is 1. The molecule has 2 aromatic rings. The molecule has 2 aromatic carbocycles. The van der Waals surface area contributed by atoms with E-state index in [0.717, 1.165) is 16.7 Å². The Morgan fingerprint density at radius 1 is 1.17 bits per heavy atom. The van der Waals surface area contributed by atoms with Crippen LogP contribution in [-0.4, -0.2) is 80.5 Å². The minimum Gasteiger partial charge on any atom is -0.497 e. The first kappa shape index (κ1) is 24.2. The van der Waals surface area contributed by atoms with Crippen LogP contribution >= 0.6 is 0 Å². The summed E-state index contributed by atoms with van der Waals surface area (Å²) in [6.45, 7) is 3.25. The van der Waals surface area contributed by atoms with Crippen molar-refractivity contribution >= 4 is 24.2 Å². The molecule has 1 atom stereocenters. The Kier molecular flexibility index (Phi) is 7.61. The van der Waals surface area contributed by atoms with Crippen molar-refractivity contribution in [1.29, 1.82) is 5.41 Å². The van der Waals surface area contributed by atoms with Crippen LogP contribution in [0.4, 0.5) is 4.79 Å². The largest absolute Gasteiger partial charge is 0.497 e. The molecule has 4 amide bonds. The van der Waals surface area contributed by atoms with Crippen LogP contribution in [0, 0.1) is 5.41 Å². The van der Waals surface area contributed by atoms with Gasteiger partial charge in [0.2, 0.25) is 6.41 Å². The van der Waals surface area contributed by atoms with Crippen molar-refractivity contribution in [3.05, 3.63) is 64.7 Å². The molecular formula is C25H29N5O5. The van der Waals surface area contributed by atoms with Gasteiger partial charge in [0.05, 0.1) is 26.4 Å². The third-order valence-corrected chi connectivity index (χ3v) is 6.29. The van der Waals surface area contributed by atoms with Crippen LogP contribution in [0.2, 0.25) is 0 Å². The molecule has 4 rings (SSSR count). The first-order valence-corrected chi connectivity index (χ1v) is 11.5. The molecule has 0 aliphatic carbocycles.